The lowest BCUT2D eigenvalue weighted by Gasteiger charge is -2.34. The minimum absolute atomic E-state index is 0.0372. The maximum absolute atomic E-state index is 14.3. The fourth-order valence-electron chi connectivity index (χ4n) is 11.1. The SMILES string of the molecule is COCCOCCOCCN(CC(C)(C)SCCCC(=O)ON1C(=O)CCC1=O)c1cc(COc2cc3c(cc2C)C(=O)N2c4ccccc4C[C@H]2C=N3)cc(COc2cc3c(cc2OC)C(=O)N2c4ccccc4C[C@H]2CC3)c1. The van der Waals surface area contributed by atoms with Gasteiger partial charge in [0.05, 0.1) is 57.4 Å². The van der Waals surface area contributed by atoms with E-state index in [0.717, 1.165) is 57.7 Å². The summed E-state index contributed by atoms with van der Waals surface area (Å²) in [7, 11) is 3.22. The van der Waals surface area contributed by atoms with Crippen molar-refractivity contribution in [1.82, 2.24) is 5.06 Å². The second-order valence-corrected chi connectivity index (χ2v) is 23.1. The van der Waals surface area contributed by atoms with Crippen molar-refractivity contribution < 1.29 is 57.2 Å². The zero-order valence-electron chi connectivity index (χ0n) is 46.2. The second kappa shape index (κ2) is 25.0. The minimum atomic E-state index is -0.622. The third-order valence-corrected chi connectivity index (χ3v) is 16.5. The van der Waals surface area contributed by atoms with Crippen LogP contribution in [0.1, 0.15) is 100 Å². The molecule has 10 rings (SSSR count). The van der Waals surface area contributed by atoms with Gasteiger partial charge in [-0.3, -0.25) is 29.1 Å². The zero-order valence-corrected chi connectivity index (χ0v) is 47.0. The van der Waals surface area contributed by atoms with E-state index in [1.165, 1.54) is 5.56 Å². The maximum Gasteiger partial charge on any atom is 0.333 e. The Balaban J connectivity index is 0.909. The molecule has 0 N–H and O–H groups in total. The molecule has 5 heterocycles. The number of methoxy groups -OCH3 is 2. The Morgan fingerprint density at radius 2 is 1.38 bits per heavy atom. The number of rotatable bonds is 25. The number of carbonyl (C=O) groups is 5. The van der Waals surface area contributed by atoms with Gasteiger partial charge in [0.1, 0.15) is 19.0 Å². The Bertz CT molecular complexity index is 3170. The highest BCUT2D eigenvalue weighted by molar-refractivity contribution is 8.00. The summed E-state index contributed by atoms with van der Waals surface area (Å²) >= 11 is 1.70. The van der Waals surface area contributed by atoms with Gasteiger partial charge in [-0.05, 0) is 134 Å². The van der Waals surface area contributed by atoms with Gasteiger partial charge in [0.2, 0.25) is 0 Å². The molecule has 0 radical (unpaired) electrons. The van der Waals surface area contributed by atoms with Crippen molar-refractivity contribution in [1.29, 1.82) is 0 Å². The summed E-state index contributed by atoms with van der Waals surface area (Å²) in [6.07, 6.45) is 5.50. The summed E-state index contributed by atoms with van der Waals surface area (Å²) in [6.45, 7) is 9.86. The average molecular weight is 1110 g/mol. The summed E-state index contributed by atoms with van der Waals surface area (Å²) in [5.41, 5.74) is 10.2. The highest BCUT2D eigenvalue weighted by Crippen LogP contribution is 2.42. The number of nitrogens with zero attached hydrogens (tertiary/aromatic N) is 5. The van der Waals surface area contributed by atoms with Crippen LogP contribution in [-0.4, -0.2) is 124 Å². The van der Waals surface area contributed by atoms with Crippen LogP contribution in [0.15, 0.2) is 96.0 Å². The number of hydroxylamine groups is 2. The molecule has 420 valence electrons. The first-order valence-electron chi connectivity index (χ1n) is 27.5. The van der Waals surface area contributed by atoms with Crippen LogP contribution in [0.2, 0.25) is 0 Å². The van der Waals surface area contributed by atoms with E-state index >= 15 is 0 Å². The normalized spacial score (nSPS) is 17.1. The number of carbonyl (C=O) groups excluding carboxylic acids is 5. The summed E-state index contributed by atoms with van der Waals surface area (Å²) in [5, 5.41) is 0.589. The average Bonchev–Trinajstić information content (AvgIpc) is 4.21. The molecular formula is C62H69N5O12S. The number of ether oxygens (including phenoxy) is 6. The van der Waals surface area contributed by atoms with Crippen LogP contribution < -0.4 is 28.9 Å². The molecule has 0 saturated carbocycles. The molecule has 5 aliphatic rings. The zero-order chi connectivity index (χ0) is 55.9. The Morgan fingerprint density at radius 1 is 0.713 bits per heavy atom. The first-order chi connectivity index (χ1) is 38.8. The molecule has 1 fully saturated rings. The smallest absolute Gasteiger partial charge is 0.333 e. The monoisotopic (exact) mass is 1110 g/mol. The lowest BCUT2D eigenvalue weighted by Crippen LogP contribution is -2.39. The summed E-state index contributed by atoms with van der Waals surface area (Å²) in [4.78, 5) is 81.3. The highest BCUT2D eigenvalue weighted by Gasteiger charge is 2.39. The molecular weight excluding hydrogens is 1040 g/mol. The number of para-hydroxylation sites is 2. The van der Waals surface area contributed by atoms with Gasteiger partial charge in [0, 0.05) is 91.6 Å². The quantitative estimate of drug-likeness (QED) is 0.0399. The largest absolute Gasteiger partial charge is 0.493 e. The predicted molar refractivity (Wildman–Crippen MR) is 306 cm³/mol. The predicted octanol–water partition coefficient (Wildman–Crippen LogP) is 9.35. The van der Waals surface area contributed by atoms with Crippen molar-refractivity contribution >= 4 is 70.3 Å². The van der Waals surface area contributed by atoms with Crippen molar-refractivity contribution in [2.24, 2.45) is 4.99 Å². The summed E-state index contributed by atoms with van der Waals surface area (Å²) in [5.74, 6) is 0.440. The molecule has 5 aromatic carbocycles. The van der Waals surface area contributed by atoms with Gasteiger partial charge in [0.15, 0.2) is 11.5 Å². The molecule has 80 heavy (non-hydrogen) atoms. The molecule has 0 aromatic heterocycles. The van der Waals surface area contributed by atoms with Gasteiger partial charge in [-0.25, -0.2) is 4.79 Å². The van der Waals surface area contributed by atoms with Crippen LogP contribution >= 0.6 is 11.8 Å². The topological polar surface area (TPSA) is 175 Å². The number of thioether (sulfide) groups is 1. The fraction of sp³-hybridized carbons (Fsp3) is 0.419. The molecule has 2 atom stereocenters. The molecule has 5 aliphatic heterocycles. The summed E-state index contributed by atoms with van der Waals surface area (Å²) in [6, 6.07) is 29.8. The molecule has 5 aromatic rings. The number of hydrogen-bond acceptors (Lipinski definition) is 15. The first kappa shape index (κ1) is 56.0. The third-order valence-electron chi connectivity index (χ3n) is 15.1. The van der Waals surface area contributed by atoms with Crippen LogP contribution in [0.5, 0.6) is 17.2 Å². The molecule has 0 bridgehead atoms. The third kappa shape index (κ3) is 12.7. The Morgan fingerprint density at radius 3 is 2.10 bits per heavy atom. The minimum Gasteiger partial charge on any atom is -0.493 e. The second-order valence-electron chi connectivity index (χ2n) is 21.3. The van der Waals surface area contributed by atoms with Crippen molar-refractivity contribution in [3.05, 3.63) is 136 Å². The lowest BCUT2D eigenvalue weighted by molar-refractivity contribution is -0.197. The molecule has 4 amide bonds. The van der Waals surface area contributed by atoms with Crippen LogP contribution in [0.3, 0.4) is 0 Å². The molecule has 18 heteroatoms. The number of amides is 4. The highest BCUT2D eigenvalue weighted by atomic mass is 32.2. The van der Waals surface area contributed by atoms with Crippen molar-refractivity contribution in [3.8, 4) is 17.2 Å². The van der Waals surface area contributed by atoms with E-state index in [4.69, 9.17) is 38.3 Å². The van der Waals surface area contributed by atoms with Crippen molar-refractivity contribution in [3.63, 3.8) is 0 Å². The van der Waals surface area contributed by atoms with E-state index in [9.17, 15) is 24.0 Å². The van der Waals surface area contributed by atoms with Crippen molar-refractivity contribution in [2.45, 2.75) is 102 Å². The van der Waals surface area contributed by atoms with Crippen molar-refractivity contribution in [2.75, 3.05) is 80.8 Å². The lowest BCUT2D eigenvalue weighted by atomic mass is 9.99. The Kier molecular flexibility index (Phi) is 17.5. The molecule has 0 aliphatic carbocycles. The van der Waals surface area contributed by atoms with E-state index in [-0.39, 0.29) is 61.1 Å². The molecule has 1 saturated heterocycles. The number of aliphatic imine (C=N–C) groups is 1. The van der Waals surface area contributed by atoms with Crippen LogP contribution in [0, 0.1) is 6.92 Å². The van der Waals surface area contributed by atoms with Gasteiger partial charge in [-0.2, -0.15) is 11.8 Å². The van der Waals surface area contributed by atoms with E-state index in [2.05, 4.69) is 49.1 Å². The van der Waals surface area contributed by atoms with Gasteiger partial charge >= 0.3 is 5.97 Å². The number of hydrogen-bond donors (Lipinski definition) is 0. The van der Waals surface area contributed by atoms with E-state index in [1.807, 2.05) is 83.6 Å². The number of fused-ring (bicyclic) bond motifs is 8. The Labute approximate surface area is 471 Å². The molecule has 17 nitrogen and oxygen atoms in total. The van der Waals surface area contributed by atoms with Gasteiger partial charge < -0.3 is 43.1 Å². The van der Waals surface area contributed by atoms with Crippen LogP contribution in [0.4, 0.5) is 22.7 Å². The van der Waals surface area contributed by atoms with E-state index in [1.54, 1.807) is 26.0 Å². The molecule has 0 spiro atoms. The van der Waals surface area contributed by atoms with Crippen LogP contribution in [-0.2, 0) is 65.9 Å². The van der Waals surface area contributed by atoms with Gasteiger partial charge in [-0.1, -0.05) is 36.4 Å². The standard InChI is InChI=1S/C62H69N5O12S/c1-40-27-50-51(63-36-48-32-45-12-7-9-14-53(45)66(48)61(50)72)35-54(40)77-37-41-28-42(38-78-56-33-43-16-17-46-31-44-11-6-8-13-52(44)65(46)60(71)49(43)34-55(56)74-5)30-47(29-41)64(20-21-75-24-25-76-23-22-73-4)39-62(2,3)80-26-10-15-59(70)79-67-57(68)18-19-58(67)69/h6-9,11-14,27-30,33-36,46,48H,10,15-26,31-32,37-39H2,1-5H3/t46-,48+/m1/s1. The molecule has 0 unspecified atom stereocenters. The number of benzene rings is 5. The maximum atomic E-state index is 14.3. The van der Waals surface area contributed by atoms with E-state index < -0.39 is 17.8 Å². The van der Waals surface area contributed by atoms with Gasteiger partial charge in [0.25, 0.3) is 23.6 Å². The van der Waals surface area contributed by atoms with Crippen LogP contribution in [0.25, 0.3) is 0 Å². The number of imide groups is 1. The summed E-state index contributed by atoms with van der Waals surface area (Å²) < 4.78 is 35.9. The number of anilines is 3. The van der Waals surface area contributed by atoms with E-state index in [0.29, 0.717) is 110 Å². The number of aryl methyl sites for hydroxylation is 2. The fourth-order valence-corrected chi connectivity index (χ4v) is 12.2. The Hall–Kier alpha value is -7.25. The first-order valence-corrected chi connectivity index (χ1v) is 28.5. The van der Waals surface area contributed by atoms with Gasteiger partial charge in [-0.15, -0.1) is 5.06 Å².